The molecule has 28 heavy (non-hydrogen) atoms. The van der Waals surface area contributed by atoms with Gasteiger partial charge >= 0.3 is 0 Å². The van der Waals surface area contributed by atoms with E-state index in [4.69, 9.17) is 16.3 Å². The average molecular weight is 425 g/mol. The Hall–Kier alpha value is -2.01. The Morgan fingerprint density at radius 1 is 1.32 bits per heavy atom. The van der Waals surface area contributed by atoms with Crippen LogP contribution in [0, 0.1) is 6.92 Å². The molecule has 0 radical (unpaired) electrons. The lowest BCUT2D eigenvalue weighted by Gasteiger charge is -2.37. The molecule has 0 bridgehead atoms. The van der Waals surface area contributed by atoms with Gasteiger partial charge in [-0.1, -0.05) is 11.6 Å². The molecule has 1 aliphatic heterocycles. The maximum Gasteiger partial charge on any atom is 0.247 e. The molecule has 1 saturated heterocycles. The van der Waals surface area contributed by atoms with Crippen LogP contribution in [0.1, 0.15) is 23.5 Å². The van der Waals surface area contributed by atoms with Crippen molar-refractivity contribution in [1.29, 1.82) is 0 Å². The van der Waals surface area contributed by atoms with Crippen LogP contribution in [0.4, 0.5) is 0 Å². The summed E-state index contributed by atoms with van der Waals surface area (Å²) in [6, 6.07) is 1.98. The molecule has 0 amide bonds. The van der Waals surface area contributed by atoms with Crippen molar-refractivity contribution in [3.63, 3.8) is 0 Å². The lowest BCUT2D eigenvalue weighted by molar-refractivity contribution is 0.0387. The molecule has 0 aromatic carbocycles. The highest BCUT2D eigenvalue weighted by Gasteiger charge is 2.38. The van der Waals surface area contributed by atoms with Crippen LogP contribution in [0.3, 0.4) is 0 Å². The first-order valence-electron chi connectivity index (χ1n) is 8.83. The minimum Gasteiger partial charge on any atom is -0.379 e. The van der Waals surface area contributed by atoms with E-state index in [0.29, 0.717) is 13.0 Å². The Morgan fingerprint density at radius 2 is 2.11 bits per heavy atom. The van der Waals surface area contributed by atoms with Crippen LogP contribution in [-0.2, 0) is 21.8 Å². The van der Waals surface area contributed by atoms with Crippen molar-refractivity contribution in [3.8, 4) is 0 Å². The third kappa shape index (κ3) is 3.10. The maximum atomic E-state index is 13.0. The van der Waals surface area contributed by atoms with E-state index in [0.717, 1.165) is 16.8 Å². The largest absolute Gasteiger partial charge is 0.379 e. The second-order valence-corrected chi connectivity index (χ2v) is 9.19. The molecule has 0 aliphatic carbocycles. The van der Waals surface area contributed by atoms with Crippen molar-refractivity contribution in [2.45, 2.75) is 30.3 Å². The van der Waals surface area contributed by atoms with Gasteiger partial charge in [-0.15, -0.1) is 0 Å². The Kier molecular flexibility index (Phi) is 4.90. The van der Waals surface area contributed by atoms with Crippen LogP contribution in [0.2, 0.25) is 5.15 Å². The first-order valence-corrected chi connectivity index (χ1v) is 10.6. The van der Waals surface area contributed by atoms with Crippen molar-refractivity contribution in [2.75, 3.05) is 20.2 Å². The zero-order valence-electron chi connectivity index (χ0n) is 15.8. The number of hydrogen-bond donors (Lipinski definition) is 0. The first kappa shape index (κ1) is 19.3. The minimum absolute atomic E-state index is 0.0187. The van der Waals surface area contributed by atoms with Gasteiger partial charge in [0.25, 0.3) is 0 Å². The summed E-state index contributed by atoms with van der Waals surface area (Å²) < 4.78 is 36.3. The minimum atomic E-state index is -3.75. The molecule has 0 N–H and O–H groups in total. The van der Waals surface area contributed by atoms with Crippen molar-refractivity contribution in [2.24, 2.45) is 7.05 Å². The molecular weight excluding hydrogens is 404 g/mol. The summed E-state index contributed by atoms with van der Waals surface area (Å²) in [7, 11) is -0.535. The van der Waals surface area contributed by atoms with Crippen LogP contribution in [-0.4, -0.2) is 63.4 Å². The number of hydrogen-bond acceptors (Lipinski definition) is 6. The van der Waals surface area contributed by atoms with Gasteiger partial charge in [0.2, 0.25) is 10.0 Å². The van der Waals surface area contributed by atoms with Crippen LogP contribution >= 0.6 is 11.6 Å². The Labute approximate surface area is 167 Å². The number of sulfonamides is 1. The topological polar surface area (TPSA) is 94.6 Å². The lowest BCUT2D eigenvalue weighted by Crippen LogP contribution is -2.46. The molecule has 4 rings (SSSR count). The van der Waals surface area contributed by atoms with E-state index in [1.807, 2.05) is 19.2 Å². The number of methoxy groups -OCH3 is 1. The van der Waals surface area contributed by atoms with E-state index in [1.54, 1.807) is 18.7 Å². The van der Waals surface area contributed by atoms with E-state index in [-0.39, 0.29) is 28.6 Å². The molecule has 0 saturated carbocycles. The highest BCUT2D eigenvalue weighted by atomic mass is 35.5. The number of pyridine rings is 1. The molecule has 9 nitrogen and oxygen atoms in total. The van der Waals surface area contributed by atoms with Crippen LogP contribution in [0.25, 0.3) is 5.65 Å². The van der Waals surface area contributed by atoms with Gasteiger partial charge in [-0.3, -0.25) is 4.68 Å². The van der Waals surface area contributed by atoms with E-state index in [2.05, 4.69) is 15.2 Å². The molecule has 3 aromatic rings. The summed E-state index contributed by atoms with van der Waals surface area (Å²) in [6.07, 6.45) is 5.08. The molecular formula is C17H21ClN6O3S. The Balaban J connectivity index is 1.63. The number of nitrogens with zero attached hydrogens (tertiary/aromatic N) is 6. The number of piperidine rings is 1. The molecule has 1 aliphatic rings. The van der Waals surface area contributed by atoms with Crippen LogP contribution < -0.4 is 0 Å². The summed E-state index contributed by atoms with van der Waals surface area (Å²) in [5, 5.41) is 8.25. The van der Waals surface area contributed by atoms with Crippen molar-refractivity contribution < 1.29 is 13.2 Å². The molecule has 11 heteroatoms. The van der Waals surface area contributed by atoms with Crippen molar-refractivity contribution in [3.05, 3.63) is 41.1 Å². The highest BCUT2D eigenvalue weighted by Crippen LogP contribution is 2.35. The smallest absolute Gasteiger partial charge is 0.247 e. The zero-order valence-corrected chi connectivity index (χ0v) is 17.4. The predicted octanol–water partition coefficient (Wildman–Crippen LogP) is 1.62. The summed E-state index contributed by atoms with van der Waals surface area (Å²) in [6.45, 7) is 2.63. The van der Waals surface area contributed by atoms with Gasteiger partial charge in [-0.05, 0) is 30.5 Å². The monoisotopic (exact) mass is 424 g/mol. The second kappa shape index (κ2) is 7.11. The fourth-order valence-electron chi connectivity index (χ4n) is 3.78. The number of fused-ring (bicyclic) bond motifs is 1. The Bertz CT molecular complexity index is 1130. The summed E-state index contributed by atoms with van der Waals surface area (Å²) >= 11 is 6.12. The molecule has 150 valence electrons. The number of aryl methyl sites for hydroxylation is 2. The fraction of sp³-hybridized carbons (Fsp3) is 0.471. The quantitative estimate of drug-likeness (QED) is 0.631. The second-order valence-electron chi connectivity index (χ2n) is 6.93. The third-order valence-corrected chi connectivity index (χ3v) is 7.77. The molecule has 1 fully saturated rings. The normalized spacial score (nSPS) is 21.4. The summed E-state index contributed by atoms with van der Waals surface area (Å²) in [5.74, 6) is 0.0504. The average Bonchev–Trinajstić information content (AvgIpc) is 3.27. The van der Waals surface area contributed by atoms with Gasteiger partial charge in [-0.2, -0.15) is 14.5 Å². The number of ether oxygens (including phenoxy) is 1. The van der Waals surface area contributed by atoms with Gasteiger partial charge < -0.3 is 4.74 Å². The number of aromatic nitrogens is 5. The lowest BCUT2D eigenvalue weighted by atomic mass is 9.86. The van der Waals surface area contributed by atoms with Crippen LogP contribution in [0.15, 0.2) is 29.7 Å². The third-order valence-electron chi connectivity index (χ3n) is 5.34. The van der Waals surface area contributed by atoms with Gasteiger partial charge in [0.15, 0.2) is 5.65 Å². The van der Waals surface area contributed by atoms with Gasteiger partial charge in [-0.25, -0.2) is 17.9 Å². The first-order chi connectivity index (χ1) is 13.3. The van der Waals surface area contributed by atoms with Crippen molar-refractivity contribution >= 4 is 27.3 Å². The van der Waals surface area contributed by atoms with Gasteiger partial charge in [0.05, 0.1) is 12.3 Å². The predicted molar refractivity (Wildman–Crippen MR) is 103 cm³/mol. The number of halogens is 1. The molecule has 4 heterocycles. The standard InChI is InChI=1S/C17H21ClN6O3S/c1-11-6-16-19-10-21-24(16)8-13(11)12-4-5-23(9-14(12)27-3)28(25,26)15-7-20-22(2)17(15)18/h6-8,10,12,14H,4-5,9H2,1-3H3/t12-,14+/m0/s1. The van der Waals surface area contributed by atoms with Crippen molar-refractivity contribution in [1.82, 2.24) is 28.7 Å². The maximum absolute atomic E-state index is 13.0. The molecule has 0 unspecified atom stereocenters. The molecule has 3 aromatic heterocycles. The zero-order chi connectivity index (χ0) is 20.1. The number of rotatable bonds is 4. The van der Waals surface area contributed by atoms with E-state index >= 15 is 0 Å². The molecule has 0 spiro atoms. The highest BCUT2D eigenvalue weighted by molar-refractivity contribution is 7.89. The van der Waals surface area contributed by atoms with Gasteiger partial charge in [0, 0.05) is 39.4 Å². The summed E-state index contributed by atoms with van der Waals surface area (Å²) in [4.78, 5) is 4.22. The Morgan fingerprint density at radius 3 is 2.79 bits per heavy atom. The van der Waals surface area contributed by atoms with E-state index in [9.17, 15) is 8.42 Å². The van der Waals surface area contributed by atoms with Gasteiger partial charge in [0.1, 0.15) is 16.4 Å². The van der Waals surface area contributed by atoms with Crippen LogP contribution in [0.5, 0.6) is 0 Å². The SMILES string of the molecule is CO[C@@H]1CN(S(=O)(=O)c2cnn(C)c2Cl)CC[C@H]1c1cn2ncnc2cc1C. The molecule has 2 atom stereocenters. The summed E-state index contributed by atoms with van der Waals surface area (Å²) in [5.41, 5.74) is 2.95. The van der Waals surface area contributed by atoms with E-state index < -0.39 is 10.0 Å². The van der Waals surface area contributed by atoms with E-state index in [1.165, 1.54) is 21.5 Å². The fourth-order valence-corrected chi connectivity index (χ4v) is 5.65.